The highest BCUT2D eigenvalue weighted by atomic mass is 16.5. The van der Waals surface area contributed by atoms with Crippen molar-refractivity contribution >= 4 is 11.4 Å². The van der Waals surface area contributed by atoms with Crippen LogP contribution in [0, 0.1) is 0 Å². The molecule has 0 amide bonds. The van der Waals surface area contributed by atoms with Crippen LogP contribution < -0.4 is 15.8 Å². The zero-order valence-corrected chi connectivity index (χ0v) is 10.6. The number of pyridine rings is 1. The molecule has 0 aliphatic rings. The van der Waals surface area contributed by atoms with Crippen LogP contribution in [-0.2, 0) is 0 Å². The lowest BCUT2D eigenvalue weighted by molar-refractivity contribution is 0.415. The number of anilines is 2. The third-order valence-electron chi connectivity index (χ3n) is 2.75. The fourth-order valence-electron chi connectivity index (χ4n) is 1.81. The van der Waals surface area contributed by atoms with Crippen LogP contribution in [0.4, 0.5) is 11.4 Å². The monoisotopic (exact) mass is 243 g/mol. The minimum absolute atomic E-state index is 0.180. The summed E-state index contributed by atoms with van der Waals surface area (Å²) >= 11 is 0. The predicted molar refractivity (Wildman–Crippen MR) is 73.7 cm³/mol. The van der Waals surface area contributed by atoms with Gasteiger partial charge >= 0.3 is 0 Å². The van der Waals surface area contributed by atoms with Gasteiger partial charge in [-0.2, -0.15) is 0 Å². The second kappa shape index (κ2) is 5.40. The van der Waals surface area contributed by atoms with Crippen molar-refractivity contribution in [3.05, 3.63) is 48.3 Å². The van der Waals surface area contributed by atoms with E-state index in [2.05, 4.69) is 17.2 Å². The van der Waals surface area contributed by atoms with Crippen molar-refractivity contribution in [3.8, 4) is 5.75 Å². The van der Waals surface area contributed by atoms with Gasteiger partial charge in [0.2, 0.25) is 0 Å². The fourth-order valence-corrected chi connectivity index (χ4v) is 1.81. The lowest BCUT2D eigenvalue weighted by atomic mass is 10.1. The van der Waals surface area contributed by atoms with E-state index in [1.54, 1.807) is 25.6 Å². The maximum absolute atomic E-state index is 5.82. The van der Waals surface area contributed by atoms with Crippen LogP contribution in [0.15, 0.2) is 42.7 Å². The molecule has 0 aliphatic carbocycles. The summed E-state index contributed by atoms with van der Waals surface area (Å²) in [7, 11) is 1.63. The third kappa shape index (κ3) is 2.91. The molecule has 2 rings (SSSR count). The Bertz CT molecular complexity index is 514. The number of ether oxygens (including phenoxy) is 1. The molecular formula is C14H17N3O. The molecule has 1 unspecified atom stereocenters. The number of hydrogen-bond donors (Lipinski definition) is 2. The van der Waals surface area contributed by atoms with Crippen molar-refractivity contribution in [2.45, 2.75) is 13.0 Å². The van der Waals surface area contributed by atoms with E-state index in [9.17, 15) is 0 Å². The van der Waals surface area contributed by atoms with Crippen molar-refractivity contribution in [2.24, 2.45) is 0 Å². The first kappa shape index (κ1) is 12.2. The smallest absolute Gasteiger partial charge is 0.122 e. The molecule has 0 bridgehead atoms. The summed E-state index contributed by atoms with van der Waals surface area (Å²) in [5, 5.41) is 3.39. The largest absolute Gasteiger partial charge is 0.497 e. The number of methoxy groups -OCH3 is 1. The molecule has 0 radical (unpaired) electrons. The van der Waals surface area contributed by atoms with E-state index in [1.807, 2.05) is 24.3 Å². The van der Waals surface area contributed by atoms with Gasteiger partial charge in [-0.1, -0.05) is 0 Å². The van der Waals surface area contributed by atoms with E-state index < -0.39 is 0 Å². The summed E-state index contributed by atoms with van der Waals surface area (Å²) < 4.78 is 5.19. The zero-order chi connectivity index (χ0) is 13.0. The minimum Gasteiger partial charge on any atom is -0.497 e. The first-order valence-electron chi connectivity index (χ1n) is 5.80. The summed E-state index contributed by atoms with van der Waals surface area (Å²) in [5.41, 5.74) is 8.61. The second-order valence-electron chi connectivity index (χ2n) is 4.14. The van der Waals surface area contributed by atoms with Gasteiger partial charge < -0.3 is 15.8 Å². The average molecular weight is 243 g/mol. The van der Waals surface area contributed by atoms with Crippen LogP contribution in [0.1, 0.15) is 18.5 Å². The van der Waals surface area contributed by atoms with Crippen LogP contribution in [0.3, 0.4) is 0 Å². The number of rotatable bonds is 4. The van der Waals surface area contributed by atoms with Crippen LogP contribution in [0.25, 0.3) is 0 Å². The molecule has 0 spiro atoms. The lowest BCUT2D eigenvalue weighted by Gasteiger charge is -2.16. The van der Waals surface area contributed by atoms with Gasteiger partial charge in [0.05, 0.1) is 7.11 Å². The average Bonchev–Trinajstić information content (AvgIpc) is 2.39. The number of hydrogen-bond acceptors (Lipinski definition) is 4. The maximum atomic E-state index is 5.82. The Balaban J connectivity index is 2.16. The molecule has 2 aromatic rings. The van der Waals surface area contributed by atoms with E-state index >= 15 is 0 Å². The van der Waals surface area contributed by atoms with Crippen LogP contribution >= 0.6 is 0 Å². The van der Waals surface area contributed by atoms with Gasteiger partial charge in [0.25, 0.3) is 0 Å². The van der Waals surface area contributed by atoms with Crippen molar-refractivity contribution in [3.63, 3.8) is 0 Å². The Kier molecular flexibility index (Phi) is 3.67. The highest BCUT2D eigenvalue weighted by Gasteiger charge is 2.06. The molecule has 0 aliphatic heterocycles. The van der Waals surface area contributed by atoms with Gasteiger partial charge in [0.15, 0.2) is 0 Å². The Hall–Kier alpha value is -2.23. The van der Waals surface area contributed by atoms with Crippen LogP contribution in [0.2, 0.25) is 0 Å². The Morgan fingerprint density at radius 3 is 2.61 bits per heavy atom. The number of benzene rings is 1. The van der Waals surface area contributed by atoms with Gasteiger partial charge in [-0.05, 0) is 30.7 Å². The van der Waals surface area contributed by atoms with Crippen LogP contribution in [-0.4, -0.2) is 12.1 Å². The number of aromatic nitrogens is 1. The van der Waals surface area contributed by atoms with Crippen LogP contribution in [0.5, 0.6) is 5.75 Å². The van der Waals surface area contributed by atoms with E-state index in [4.69, 9.17) is 10.5 Å². The second-order valence-corrected chi connectivity index (χ2v) is 4.14. The maximum Gasteiger partial charge on any atom is 0.122 e. The molecule has 0 fully saturated rings. The van der Waals surface area contributed by atoms with Gasteiger partial charge in [-0.25, -0.2) is 0 Å². The molecular weight excluding hydrogens is 226 g/mol. The Morgan fingerprint density at radius 1 is 1.22 bits per heavy atom. The quantitative estimate of drug-likeness (QED) is 0.811. The molecule has 4 nitrogen and oxygen atoms in total. The first-order valence-corrected chi connectivity index (χ1v) is 5.80. The van der Waals surface area contributed by atoms with E-state index in [1.165, 1.54) is 5.56 Å². The summed E-state index contributed by atoms with van der Waals surface area (Å²) in [4.78, 5) is 4.01. The molecule has 3 N–H and O–H groups in total. The standard InChI is InChI=1S/C14H17N3O/c1-10(11-3-5-16-6-4-11)17-13-7-12(15)8-14(9-13)18-2/h3-10,17H,15H2,1-2H3. The molecule has 1 atom stereocenters. The molecule has 1 aromatic heterocycles. The molecule has 1 aromatic carbocycles. The normalized spacial score (nSPS) is 11.9. The van der Waals surface area contributed by atoms with Gasteiger partial charge in [0, 0.05) is 41.9 Å². The van der Waals surface area contributed by atoms with Crippen molar-refractivity contribution in [1.82, 2.24) is 4.98 Å². The number of nitrogens with one attached hydrogen (secondary N) is 1. The van der Waals surface area contributed by atoms with E-state index in [0.29, 0.717) is 5.69 Å². The molecule has 4 heteroatoms. The van der Waals surface area contributed by atoms with Gasteiger partial charge in [-0.3, -0.25) is 4.98 Å². The number of nitrogens with zero attached hydrogens (tertiary/aromatic N) is 1. The van der Waals surface area contributed by atoms with E-state index in [0.717, 1.165) is 11.4 Å². The van der Waals surface area contributed by atoms with Crippen molar-refractivity contribution < 1.29 is 4.74 Å². The predicted octanol–water partition coefficient (Wildman–Crippen LogP) is 2.85. The molecule has 1 heterocycles. The molecule has 94 valence electrons. The molecule has 0 saturated heterocycles. The highest BCUT2D eigenvalue weighted by Crippen LogP contribution is 2.25. The van der Waals surface area contributed by atoms with Gasteiger partial charge in [-0.15, -0.1) is 0 Å². The highest BCUT2D eigenvalue weighted by molar-refractivity contribution is 5.59. The number of nitrogens with two attached hydrogens (primary N) is 1. The van der Waals surface area contributed by atoms with Crippen molar-refractivity contribution in [1.29, 1.82) is 0 Å². The minimum atomic E-state index is 0.180. The fraction of sp³-hybridized carbons (Fsp3) is 0.214. The summed E-state index contributed by atoms with van der Waals surface area (Å²) in [5.74, 6) is 0.749. The SMILES string of the molecule is COc1cc(N)cc(NC(C)c2ccncc2)c1. The Labute approximate surface area is 107 Å². The molecule has 18 heavy (non-hydrogen) atoms. The lowest BCUT2D eigenvalue weighted by Crippen LogP contribution is -2.07. The first-order chi connectivity index (χ1) is 8.69. The summed E-state index contributed by atoms with van der Waals surface area (Å²) in [6.45, 7) is 2.09. The number of nitrogen functional groups attached to an aromatic ring is 1. The third-order valence-corrected chi connectivity index (χ3v) is 2.75. The Morgan fingerprint density at radius 2 is 1.94 bits per heavy atom. The molecule has 0 saturated carbocycles. The van der Waals surface area contributed by atoms with Gasteiger partial charge in [0.1, 0.15) is 5.75 Å². The summed E-state index contributed by atoms with van der Waals surface area (Å²) in [6.07, 6.45) is 3.57. The topological polar surface area (TPSA) is 60.2 Å². The zero-order valence-electron chi connectivity index (χ0n) is 10.6. The van der Waals surface area contributed by atoms with Crippen molar-refractivity contribution in [2.75, 3.05) is 18.2 Å². The summed E-state index contributed by atoms with van der Waals surface area (Å²) in [6, 6.07) is 9.76. The van der Waals surface area contributed by atoms with E-state index in [-0.39, 0.29) is 6.04 Å².